The number of thioether (sulfide) groups is 1. The van der Waals surface area contributed by atoms with Crippen molar-refractivity contribution in [3.8, 4) is 11.4 Å². The Balaban J connectivity index is 1.78. The fourth-order valence-electron chi connectivity index (χ4n) is 2.93. The molecular weight excluding hydrogens is 414 g/mol. The lowest BCUT2D eigenvalue weighted by Gasteiger charge is -2.14. The molecule has 3 aromatic rings. The zero-order valence-corrected chi connectivity index (χ0v) is 18.6. The number of aryl methyl sites for hydroxylation is 1. The summed E-state index contributed by atoms with van der Waals surface area (Å²) in [6.07, 6.45) is 2.53. The maximum absolute atomic E-state index is 12.3. The summed E-state index contributed by atoms with van der Waals surface area (Å²) in [4.78, 5) is 17.6. The number of rotatable bonds is 7. The summed E-state index contributed by atoms with van der Waals surface area (Å²) >= 11 is 9.09. The SMILES string of the molecule is CCc1c(-c2nnc(SCC(=O)Nc3cccnc3Cl)n2C(C)C)csc1C. The van der Waals surface area contributed by atoms with Gasteiger partial charge in [-0.25, -0.2) is 4.98 Å². The molecule has 1 N–H and O–H groups in total. The lowest BCUT2D eigenvalue weighted by molar-refractivity contribution is -0.113. The number of carbonyl (C=O) groups is 1. The number of aromatic nitrogens is 4. The van der Waals surface area contributed by atoms with Gasteiger partial charge in [-0.2, -0.15) is 0 Å². The smallest absolute Gasteiger partial charge is 0.234 e. The molecule has 3 aromatic heterocycles. The van der Waals surface area contributed by atoms with E-state index < -0.39 is 0 Å². The van der Waals surface area contributed by atoms with Crippen LogP contribution in [0, 0.1) is 6.92 Å². The van der Waals surface area contributed by atoms with Crippen molar-refractivity contribution in [3.63, 3.8) is 0 Å². The minimum atomic E-state index is -0.166. The Labute approximate surface area is 177 Å². The molecule has 0 aliphatic carbocycles. The molecule has 3 heterocycles. The summed E-state index contributed by atoms with van der Waals surface area (Å²) in [7, 11) is 0. The minimum Gasteiger partial charge on any atom is -0.323 e. The van der Waals surface area contributed by atoms with Crippen LogP contribution in [0.3, 0.4) is 0 Å². The van der Waals surface area contributed by atoms with E-state index in [1.165, 1.54) is 22.2 Å². The first-order valence-corrected chi connectivity index (χ1v) is 11.2. The first kappa shape index (κ1) is 20.8. The van der Waals surface area contributed by atoms with E-state index in [4.69, 9.17) is 11.6 Å². The predicted molar refractivity (Wildman–Crippen MR) is 116 cm³/mol. The van der Waals surface area contributed by atoms with Crippen molar-refractivity contribution >= 4 is 46.3 Å². The molecular formula is C19H22ClN5OS2. The minimum absolute atomic E-state index is 0.166. The maximum atomic E-state index is 12.3. The lowest BCUT2D eigenvalue weighted by Crippen LogP contribution is -2.15. The van der Waals surface area contributed by atoms with Crippen molar-refractivity contribution in [2.24, 2.45) is 0 Å². The average Bonchev–Trinajstić information content (AvgIpc) is 3.24. The standard InChI is InChI=1S/C19H22ClN5OS2/c1-5-13-12(4)27-9-14(13)18-23-24-19(25(18)11(2)3)28-10-16(26)22-15-7-6-8-21-17(15)20/h6-9,11H,5,10H2,1-4H3,(H,22,26). The molecule has 28 heavy (non-hydrogen) atoms. The summed E-state index contributed by atoms with van der Waals surface area (Å²) in [5, 5.41) is 14.7. The van der Waals surface area contributed by atoms with Gasteiger partial charge in [0.2, 0.25) is 5.91 Å². The number of hydrogen-bond donors (Lipinski definition) is 1. The fourth-order valence-corrected chi connectivity index (χ4v) is 4.90. The molecule has 148 valence electrons. The third-order valence-corrected chi connectivity index (χ3v) is 6.44. The number of halogens is 1. The molecule has 0 radical (unpaired) electrons. The van der Waals surface area contributed by atoms with E-state index in [-0.39, 0.29) is 22.9 Å². The number of pyridine rings is 1. The first-order chi connectivity index (χ1) is 13.4. The topological polar surface area (TPSA) is 72.7 Å². The van der Waals surface area contributed by atoms with Crippen molar-refractivity contribution in [1.82, 2.24) is 19.7 Å². The number of thiophene rings is 1. The van der Waals surface area contributed by atoms with Gasteiger partial charge < -0.3 is 5.32 Å². The summed E-state index contributed by atoms with van der Waals surface area (Å²) in [6, 6.07) is 3.62. The zero-order valence-electron chi connectivity index (χ0n) is 16.2. The fraction of sp³-hybridized carbons (Fsp3) is 0.368. The largest absolute Gasteiger partial charge is 0.323 e. The molecule has 0 spiro atoms. The Bertz CT molecular complexity index is 983. The van der Waals surface area contributed by atoms with Gasteiger partial charge in [0.25, 0.3) is 0 Å². The van der Waals surface area contributed by atoms with Crippen LogP contribution in [-0.4, -0.2) is 31.4 Å². The number of nitrogens with zero attached hydrogens (tertiary/aromatic N) is 4. The maximum Gasteiger partial charge on any atom is 0.234 e. The van der Waals surface area contributed by atoms with Crippen LogP contribution in [0.25, 0.3) is 11.4 Å². The number of amides is 1. The molecule has 3 rings (SSSR count). The highest BCUT2D eigenvalue weighted by Crippen LogP contribution is 2.34. The van der Waals surface area contributed by atoms with E-state index >= 15 is 0 Å². The van der Waals surface area contributed by atoms with Crippen molar-refractivity contribution in [2.75, 3.05) is 11.1 Å². The van der Waals surface area contributed by atoms with E-state index in [9.17, 15) is 4.79 Å². The van der Waals surface area contributed by atoms with Gasteiger partial charge in [0.05, 0.1) is 11.4 Å². The van der Waals surface area contributed by atoms with Crippen LogP contribution < -0.4 is 5.32 Å². The second-order valence-electron chi connectivity index (χ2n) is 6.49. The molecule has 9 heteroatoms. The van der Waals surface area contributed by atoms with Crippen LogP contribution in [0.1, 0.15) is 37.3 Å². The zero-order chi connectivity index (χ0) is 20.3. The Kier molecular flexibility index (Phi) is 6.74. The van der Waals surface area contributed by atoms with Crippen LogP contribution in [0.4, 0.5) is 5.69 Å². The van der Waals surface area contributed by atoms with E-state index in [1.807, 2.05) is 0 Å². The third-order valence-electron chi connectivity index (χ3n) is 4.24. The summed E-state index contributed by atoms with van der Waals surface area (Å²) in [5.74, 6) is 0.897. The molecule has 0 unspecified atom stereocenters. The van der Waals surface area contributed by atoms with Crippen molar-refractivity contribution < 1.29 is 4.79 Å². The quantitative estimate of drug-likeness (QED) is 0.406. The summed E-state index contributed by atoms with van der Waals surface area (Å²) < 4.78 is 2.09. The van der Waals surface area contributed by atoms with Gasteiger partial charge in [0.15, 0.2) is 16.1 Å². The lowest BCUT2D eigenvalue weighted by atomic mass is 10.1. The van der Waals surface area contributed by atoms with Crippen LogP contribution in [0.2, 0.25) is 5.15 Å². The van der Waals surface area contributed by atoms with Crippen molar-refractivity contribution in [3.05, 3.63) is 39.3 Å². The third kappa shape index (κ3) is 4.39. The van der Waals surface area contributed by atoms with Gasteiger partial charge in [-0.3, -0.25) is 9.36 Å². The second-order valence-corrected chi connectivity index (χ2v) is 8.87. The molecule has 0 bridgehead atoms. The van der Waals surface area contributed by atoms with Gasteiger partial charge in [-0.15, -0.1) is 21.5 Å². The Morgan fingerprint density at radius 1 is 1.39 bits per heavy atom. The first-order valence-electron chi connectivity index (χ1n) is 8.97. The number of anilines is 1. The highest BCUT2D eigenvalue weighted by atomic mass is 35.5. The van der Waals surface area contributed by atoms with Crippen LogP contribution in [-0.2, 0) is 11.2 Å². The van der Waals surface area contributed by atoms with Gasteiger partial charge in [-0.05, 0) is 44.9 Å². The normalized spacial score (nSPS) is 11.2. The molecule has 6 nitrogen and oxygen atoms in total. The number of hydrogen-bond acceptors (Lipinski definition) is 6. The molecule has 0 aliphatic rings. The molecule has 0 aromatic carbocycles. The predicted octanol–water partition coefficient (Wildman–Crippen LogP) is 5.24. The molecule has 0 fully saturated rings. The van der Waals surface area contributed by atoms with E-state index in [2.05, 4.69) is 58.1 Å². The van der Waals surface area contributed by atoms with Crippen LogP contribution in [0.15, 0.2) is 28.9 Å². The number of carbonyl (C=O) groups excluding carboxylic acids is 1. The number of nitrogens with one attached hydrogen (secondary N) is 1. The highest BCUT2D eigenvalue weighted by Gasteiger charge is 2.21. The van der Waals surface area contributed by atoms with Gasteiger partial charge >= 0.3 is 0 Å². The van der Waals surface area contributed by atoms with E-state index in [1.54, 1.807) is 29.7 Å². The Hall–Kier alpha value is -1.90. The van der Waals surface area contributed by atoms with Gasteiger partial charge in [-0.1, -0.05) is 30.3 Å². The monoisotopic (exact) mass is 435 g/mol. The Morgan fingerprint density at radius 2 is 2.18 bits per heavy atom. The molecule has 0 aliphatic heterocycles. The van der Waals surface area contributed by atoms with Crippen molar-refractivity contribution in [2.45, 2.75) is 45.3 Å². The molecule has 0 saturated heterocycles. The summed E-state index contributed by atoms with van der Waals surface area (Å²) in [6.45, 7) is 8.47. The second kappa shape index (κ2) is 9.07. The van der Waals surface area contributed by atoms with Crippen LogP contribution >= 0.6 is 34.7 Å². The molecule has 1 amide bonds. The summed E-state index contributed by atoms with van der Waals surface area (Å²) in [5.41, 5.74) is 2.94. The molecule has 0 saturated carbocycles. The van der Waals surface area contributed by atoms with E-state index in [0.717, 1.165) is 23.0 Å². The molecule has 0 atom stereocenters. The van der Waals surface area contributed by atoms with Gasteiger partial charge in [0, 0.05) is 28.1 Å². The van der Waals surface area contributed by atoms with Crippen LogP contribution in [0.5, 0.6) is 0 Å². The van der Waals surface area contributed by atoms with Gasteiger partial charge in [0.1, 0.15) is 0 Å². The highest BCUT2D eigenvalue weighted by molar-refractivity contribution is 7.99. The Morgan fingerprint density at radius 3 is 2.86 bits per heavy atom. The van der Waals surface area contributed by atoms with Crippen molar-refractivity contribution in [1.29, 1.82) is 0 Å². The van der Waals surface area contributed by atoms with E-state index in [0.29, 0.717) is 5.69 Å². The average molecular weight is 436 g/mol.